The lowest BCUT2D eigenvalue weighted by Gasteiger charge is -2.47. The van der Waals surface area contributed by atoms with Gasteiger partial charge in [0, 0.05) is 71.2 Å². The minimum atomic E-state index is -0.995. The van der Waals surface area contributed by atoms with E-state index in [1.54, 1.807) is 24.9 Å². The number of piperazine rings is 3. The van der Waals surface area contributed by atoms with Crippen LogP contribution in [-0.4, -0.2) is 89.5 Å². The standard InChI is InChI=1S/C16H29N7O.HI/c1-16(24,13-8-20-21(3)10-13)12-19-15(17-2)18-9-14-11-22-4-6-23(14)7-5-22;/h8,10,14,24H,4-7,9,11-12H2,1-3H3,(H2,17,18,19);1H. The molecule has 2 atom stereocenters. The van der Waals surface area contributed by atoms with Gasteiger partial charge < -0.3 is 15.7 Å². The maximum absolute atomic E-state index is 10.6. The average Bonchev–Trinajstić information content (AvgIpc) is 3.03. The molecule has 8 nitrogen and oxygen atoms in total. The van der Waals surface area contributed by atoms with Crippen molar-refractivity contribution in [3.8, 4) is 0 Å². The van der Waals surface area contributed by atoms with Gasteiger partial charge in [-0.2, -0.15) is 5.10 Å². The van der Waals surface area contributed by atoms with E-state index in [1.807, 2.05) is 13.2 Å². The van der Waals surface area contributed by atoms with Crippen LogP contribution in [0.2, 0.25) is 0 Å². The van der Waals surface area contributed by atoms with Gasteiger partial charge in [0.25, 0.3) is 0 Å². The van der Waals surface area contributed by atoms with E-state index >= 15 is 0 Å². The highest BCUT2D eigenvalue weighted by atomic mass is 127. The van der Waals surface area contributed by atoms with Gasteiger partial charge in [0.1, 0.15) is 5.60 Å². The van der Waals surface area contributed by atoms with Gasteiger partial charge in [-0.05, 0) is 6.92 Å². The first-order chi connectivity index (χ1) is 11.5. The first-order valence-electron chi connectivity index (χ1n) is 8.60. The minimum absolute atomic E-state index is 0. The zero-order valence-electron chi connectivity index (χ0n) is 15.3. The molecule has 3 fully saturated rings. The molecule has 3 N–H and O–H groups in total. The summed E-state index contributed by atoms with van der Waals surface area (Å²) in [6.07, 6.45) is 3.52. The molecule has 3 saturated heterocycles. The maximum atomic E-state index is 10.6. The number of rotatable bonds is 5. The molecule has 142 valence electrons. The quantitative estimate of drug-likeness (QED) is 0.308. The van der Waals surface area contributed by atoms with Gasteiger partial charge in [-0.3, -0.25) is 19.5 Å². The zero-order chi connectivity index (χ0) is 17.2. The summed E-state index contributed by atoms with van der Waals surface area (Å²) >= 11 is 0. The van der Waals surface area contributed by atoms with Gasteiger partial charge in [-0.15, -0.1) is 24.0 Å². The number of nitrogens with one attached hydrogen (secondary N) is 2. The molecule has 25 heavy (non-hydrogen) atoms. The average molecular weight is 463 g/mol. The van der Waals surface area contributed by atoms with Crippen LogP contribution in [-0.2, 0) is 12.6 Å². The summed E-state index contributed by atoms with van der Waals surface area (Å²) in [6, 6.07) is 0.532. The van der Waals surface area contributed by atoms with E-state index in [0.29, 0.717) is 12.6 Å². The first-order valence-corrected chi connectivity index (χ1v) is 8.60. The minimum Gasteiger partial charge on any atom is -0.383 e. The number of aliphatic hydroxyl groups is 1. The molecule has 3 aliphatic heterocycles. The van der Waals surface area contributed by atoms with Crippen molar-refractivity contribution in [1.29, 1.82) is 0 Å². The maximum Gasteiger partial charge on any atom is 0.191 e. The van der Waals surface area contributed by atoms with E-state index in [2.05, 4.69) is 30.5 Å². The molecule has 3 aliphatic rings. The SMILES string of the molecule is CN=C(NCC1CN2CCN1CC2)NCC(C)(O)c1cnn(C)c1.I. The summed E-state index contributed by atoms with van der Waals surface area (Å²) in [4.78, 5) is 9.34. The summed E-state index contributed by atoms with van der Waals surface area (Å²) in [5.74, 6) is 0.719. The second-order valence-electron chi connectivity index (χ2n) is 6.97. The van der Waals surface area contributed by atoms with Crippen molar-refractivity contribution in [3.05, 3.63) is 18.0 Å². The van der Waals surface area contributed by atoms with E-state index in [1.165, 1.54) is 13.1 Å². The molecule has 9 heteroatoms. The predicted molar refractivity (Wildman–Crippen MR) is 109 cm³/mol. The van der Waals surface area contributed by atoms with Crippen LogP contribution in [0.4, 0.5) is 0 Å². The lowest BCUT2D eigenvalue weighted by Crippen LogP contribution is -2.64. The molecule has 4 rings (SSSR count). The predicted octanol–water partition coefficient (Wildman–Crippen LogP) is -0.590. The van der Waals surface area contributed by atoms with E-state index in [-0.39, 0.29) is 24.0 Å². The van der Waals surface area contributed by atoms with E-state index < -0.39 is 5.60 Å². The Morgan fingerprint density at radius 3 is 2.60 bits per heavy atom. The second kappa shape index (κ2) is 8.65. The molecule has 1 aromatic heterocycles. The van der Waals surface area contributed by atoms with Crippen LogP contribution >= 0.6 is 24.0 Å². The third-order valence-corrected chi connectivity index (χ3v) is 5.05. The summed E-state index contributed by atoms with van der Waals surface area (Å²) < 4.78 is 1.69. The van der Waals surface area contributed by atoms with Crippen LogP contribution in [0.5, 0.6) is 0 Å². The lowest BCUT2D eigenvalue weighted by molar-refractivity contribution is 0.0153. The molecule has 2 bridgehead atoms. The third kappa shape index (κ3) is 5.05. The van der Waals surface area contributed by atoms with Crippen LogP contribution in [0.3, 0.4) is 0 Å². The molecule has 0 amide bonds. The van der Waals surface area contributed by atoms with Crippen LogP contribution in [0, 0.1) is 0 Å². The topological polar surface area (TPSA) is 81.0 Å². The highest BCUT2D eigenvalue weighted by Gasteiger charge is 2.31. The van der Waals surface area contributed by atoms with Gasteiger partial charge >= 0.3 is 0 Å². The molecular formula is C16H30IN7O. The molecule has 1 aromatic rings. The molecular weight excluding hydrogens is 433 g/mol. The number of guanidine groups is 1. The summed E-state index contributed by atoms with van der Waals surface area (Å²) in [6.45, 7) is 8.85. The molecule has 4 heterocycles. The highest BCUT2D eigenvalue weighted by Crippen LogP contribution is 2.18. The van der Waals surface area contributed by atoms with Gasteiger partial charge in [-0.25, -0.2) is 0 Å². The monoisotopic (exact) mass is 463 g/mol. The number of hydrogen-bond donors (Lipinski definition) is 3. The largest absolute Gasteiger partial charge is 0.383 e. The number of halogens is 1. The van der Waals surface area contributed by atoms with Crippen LogP contribution in [0.15, 0.2) is 17.4 Å². The van der Waals surface area contributed by atoms with Crippen molar-refractivity contribution in [2.45, 2.75) is 18.6 Å². The number of aliphatic imine (C=N–C) groups is 1. The lowest BCUT2D eigenvalue weighted by atomic mass is 10.00. The Bertz CT molecular complexity index is 581. The fourth-order valence-corrected chi connectivity index (χ4v) is 3.41. The number of fused-ring (bicyclic) bond motifs is 3. The zero-order valence-corrected chi connectivity index (χ0v) is 17.6. The van der Waals surface area contributed by atoms with E-state index in [0.717, 1.165) is 37.7 Å². The summed E-state index contributed by atoms with van der Waals surface area (Å²) in [7, 11) is 3.60. The van der Waals surface area contributed by atoms with Crippen molar-refractivity contribution in [3.63, 3.8) is 0 Å². The molecule has 0 aliphatic carbocycles. The summed E-state index contributed by atoms with van der Waals surface area (Å²) in [5.41, 5.74) is -0.207. The Morgan fingerprint density at radius 2 is 2.08 bits per heavy atom. The number of nitrogens with zero attached hydrogens (tertiary/aromatic N) is 5. The van der Waals surface area contributed by atoms with Gasteiger partial charge in [0.05, 0.1) is 12.7 Å². The van der Waals surface area contributed by atoms with Crippen molar-refractivity contribution in [2.24, 2.45) is 12.0 Å². The van der Waals surface area contributed by atoms with Crippen molar-refractivity contribution >= 4 is 29.9 Å². The van der Waals surface area contributed by atoms with Gasteiger partial charge in [-0.1, -0.05) is 0 Å². The van der Waals surface area contributed by atoms with Gasteiger partial charge in [0.15, 0.2) is 5.96 Å². The highest BCUT2D eigenvalue weighted by molar-refractivity contribution is 14.0. The normalized spacial score (nSPS) is 28.2. The molecule has 0 saturated carbocycles. The third-order valence-electron chi connectivity index (χ3n) is 5.05. The molecule has 0 radical (unpaired) electrons. The number of aromatic nitrogens is 2. The fraction of sp³-hybridized carbons (Fsp3) is 0.750. The van der Waals surface area contributed by atoms with Crippen LogP contribution in [0.25, 0.3) is 0 Å². The van der Waals surface area contributed by atoms with Crippen LogP contribution in [0.1, 0.15) is 12.5 Å². The first kappa shape index (κ1) is 20.4. The fourth-order valence-electron chi connectivity index (χ4n) is 3.41. The molecule has 0 spiro atoms. The number of aryl methyl sites for hydroxylation is 1. The van der Waals surface area contributed by atoms with Crippen molar-refractivity contribution in [2.75, 3.05) is 52.9 Å². The van der Waals surface area contributed by atoms with Crippen molar-refractivity contribution in [1.82, 2.24) is 30.2 Å². The smallest absolute Gasteiger partial charge is 0.191 e. The van der Waals surface area contributed by atoms with E-state index in [9.17, 15) is 5.11 Å². The van der Waals surface area contributed by atoms with Gasteiger partial charge in [0.2, 0.25) is 0 Å². The Balaban J connectivity index is 0.00000225. The van der Waals surface area contributed by atoms with E-state index in [4.69, 9.17) is 0 Å². The number of hydrogen-bond acceptors (Lipinski definition) is 5. The van der Waals surface area contributed by atoms with Crippen LogP contribution < -0.4 is 10.6 Å². The Hall–Kier alpha value is -0.910. The van der Waals surface area contributed by atoms with Crippen molar-refractivity contribution < 1.29 is 5.11 Å². The molecule has 0 aromatic carbocycles. The Kier molecular flexibility index (Phi) is 7.06. The Labute approximate surface area is 166 Å². The second-order valence-corrected chi connectivity index (χ2v) is 6.97. The molecule has 2 unspecified atom stereocenters. The summed E-state index contributed by atoms with van der Waals surface area (Å²) in [5, 5.41) is 21.4. The Morgan fingerprint density at radius 1 is 1.36 bits per heavy atom.